The molecule has 96 valence electrons. The fourth-order valence-corrected chi connectivity index (χ4v) is 1.37. The lowest BCUT2D eigenvalue weighted by Gasteiger charge is -2.19. The van der Waals surface area contributed by atoms with E-state index in [0.29, 0.717) is 16.4 Å². The summed E-state index contributed by atoms with van der Waals surface area (Å²) >= 11 is 5.73. The van der Waals surface area contributed by atoms with Gasteiger partial charge < -0.3 is 10.0 Å². The van der Waals surface area contributed by atoms with Gasteiger partial charge in [-0.15, -0.1) is 0 Å². The van der Waals surface area contributed by atoms with E-state index < -0.39 is 12.6 Å². The smallest absolute Gasteiger partial charge is 0.390 e. The van der Waals surface area contributed by atoms with Gasteiger partial charge in [0.2, 0.25) is 0 Å². The molecule has 1 N–H and O–H groups in total. The highest BCUT2D eigenvalue weighted by Gasteiger charge is 2.27. The number of halogens is 4. The third kappa shape index (κ3) is 4.40. The minimum Gasteiger partial charge on any atom is -0.392 e. The third-order valence-electron chi connectivity index (χ3n) is 2.21. The second-order valence-corrected chi connectivity index (χ2v) is 3.99. The molecule has 0 spiro atoms. The van der Waals surface area contributed by atoms with E-state index in [9.17, 15) is 13.2 Å². The average Bonchev–Trinajstić information content (AvgIpc) is 2.25. The van der Waals surface area contributed by atoms with Crippen molar-refractivity contribution in [3.05, 3.63) is 22.8 Å². The average molecular weight is 269 g/mol. The summed E-state index contributed by atoms with van der Waals surface area (Å²) < 4.78 is 36.1. The molecule has 0 saturated carbocycles. The first-order chi connectivity index (χ1) is 7.83. The van der Waals surface area contributed by atoms with Gasteiger partial charge in [-0.3, -0.25) is 0 Å². The van der Waals surface area contributed by atoms with Crippen molar-refractivity contribution in [1.29, 1.82) is 0 Å². The highest BCUT2D eigenvalue weighted by atomic mass is 35.5. The first-order valence-corrected chi connectivity index (χ1v) is 5.24. The Morgan fingerprint density at radius 2 is 2.12 bits per heavy atom. The number of anilines is 1. The normalized spacial score (nSPS) is 11.6. The first kappa shape index (κ1) is 14.1. The van der Waals surface area contributed by atoms with E-state index in [1.54, 1.807) is 0 Å². The van der Waals surface area contributed by atoms with Crippen LogP contribution in [0.15, 0.2) is 12.3 Å². The highest BCUT2D eigenvalue weighted by molar-refractivity contribution is 6.31. The fourth-order valence-electron chi connectivity index (χ4n) is 1.21. The van der Waals surface area contributed by atoms with Crippen LogP contribution >= 0.6 is 11.6 Å². The van der Waals surface area contributed by atoms with Gasteiger partial charge in [-0.1, -0.05) is 11.6 Å². The summed E-state index contributed by atoms with van der Waals surface area (Å²) in [7, 11) is 1.50. The second-order valence-electron chi connectivity index (χ2n) is 3.58. The number of hydrogen-bond acceptors (Lipinski definition) is 3. The molecule has 0 bridgehead atoms. The van der Waals surface area contributed by atoms with Crippen LogP contribution in [0.4, 0.5) is 19.0 Å². The van der Waals surface area contributed by atoms with Gasteiger partial charge in [-0.05, 0) is 6.07 Å². The monoisotopic (exact) mass is 268 g/mol. The maximum atomic E-state index is 12.0. The second kappa shape index (κ2) is 5.55. The van der Waals surface area contributed by atoms with Crippen molar-refractivity contribution >= 4 is 17.4 Å². The van der Waals surface area contributed by atoms with E-state index >= 15 is 0 Å². The van der Waals surface area contributed by atoms with Crippen LogP contribution in [0.2, 0.25) is 5.02 Å². The Labute approximate surface area is 102 Å². The molecule has 1 aromatic heterocycles. The van der Waals surface area contributed by atoms with Crippen LogP contribution in [0, 0.1) is 0 Å². The van der Waals surface area contributed by atoms with E-state index in [-0.39, 0.29) is 13.2 Å². The van der Waals surface area contributed by atoms with E-state index in [1.165, 1.54) is 24.2 Å². The Morgan fingerprint density at radius 1 is 1.47 bits per heavy atom. The van der Waals surface area contributed by atoms with Crippen LogP contribution < -0.4 is 4.90 Å². The molecule has 0 amide bonds. The Hall–Kier alpha value is -1.01. The minimum absolute atomic E-state index is 0.191. The van der Waals surface area contributed by atoms with Gasteiger partial charge in [0.1, 0.15) is 5.82 Å². The van der Waals surface area contributed by atoms with Gasteiger partial charge in [0.05, 0.1) is 18.1 Å². The lowest BCUT2D eigenvalue weighted by molar-refractivity contribution is -0.132. The summed E-state index contributed by atoms with van der Waals surface area (Å²) in [4.78, 5) is 5.27. The highest BCUT2D eigenvalue weighted by Crippen LogP contribution is 2.23. The predicted molar refractivity (Wildman–Crippen MR) is 59.1 cm³/mol. The quantitative estimate of drug-likeness (QED) is 0.912. The van der Waals surface area contributed by atoms with Gasteiger partial charge in [0, 0.05) is 25.4 Å². The number of rotatable bonds is 4. The zero-order valence-corrected chi connectivity index (χ0v) is 9.89. The Kier molecular flexibility index (Phi) is 4.59. The molecular weight excluding hydrogens is 257 g/mol. The van der Waals surface area contributed by atoms with Crippen LogP contribution in [0.5, 0.6) is 0 Å². The van der Waals surface area contributed by atoms with Crippen LogP contribution in [-0.4, -0.2) is 29.9 Å². The van der Waals surface area contributed by atoms with Crippen molar-refractivity contribution in [2.45, 2.75) is 19.2 Å². The molecular formula is C10H12ClF3N2O. The molecule has 3 nitrogen and oxygen atoms in total. The number of nitrogens with zero attached hydrogens (tertiary/aromatic N) is 2. The number of alkyl halides is 3. The summed E-state index contributed by atoms with van der Waals surface area (Å²) in [5, 5.41) is 9.27. The molecule has 0 aliphatic heterocycles. The van der Waals surface area contributed by atoms with Crippen LogP contribution in [-0.2, 0) is 6.61 Å². The molecule has 0 saturated heterocycles. The van der Waals surface area contributed by atoms with E-state index in [1.807, 2.05) is 0 Å². The molecule has 0 radical (unpaired) electrons. The third-order valence-corrected chi connectivity index (χ3v) is 2.55. The number of aromatic nitrogens is 1. The van der Waals surface area contributed by atoms with Gasteiger partial charge in [0.15, 0.2) is 0 Å². The number of aliphatic hydroxyl groups is 1. The lowest BCUT2D eigenvalue weighted by Crippen LogP contribution is -2.24. The largest absolute Gasteiger partial charge is 0.392 e. The van der Waals surface area contributed by atoms with E-state index in [2.05, 4.69) is 4.98 Å². The molecule has 0 aliphatic carbocycles. The van der Waals surface area contributed by atoms with Crippen LogP contribution in [0.25, 0.3) is 0 Å². The summed E-state index contributed by atoms with van der Waals surface area (Å²) in [6.07, 6.45) is -3.80. The van der Waals surface area contributed by atoms with E-state index in [0.717, 1.165) is 0 Å². The fraction of sp³-hybridized carbons (Fsp3) is 0.500. The zero-order valence-electron chi connectivity index (χ0n) is 9.13. The van der Waals surface area contributed by atoms with Gasteiger partial charge in [-0.2, -0.15) is 13.2 Å². The number of aliphatic hydroxyl groups excluding tert-OH is 1. The lowest BCUT2D eigenvalue weighted by atomic mass is 10.2. The molecule has 0 fully saturated rings. The molecule has 1 rings (SSSR count). The van der Waals surface area contributed by atoms with Crippen molar-refractivity contribution in [2.24, 2.45) is 0 Å². The first-order valence-electron chi connectivity index (χ1n) is 4.86. The van der Waals surface area contributed by atoms with Crippen molar-refractivity contribution in [1.82, 2.24) is 4.98 Å². The molecule has 0 unspecified atom stereocenters. The number of pyridine rings is 1. The maximum absolute atomic E-state index is 12.0. The summed E-state index contributed by atoms with van der Waals surface area (Å²) in [5.41, 5.74) is 0.440. The Balaban J connectivity index is 2.72. The molecule has 1 aromatic rings. The van der Waals surface area contributed by atoms with E-state index in [4.69, 9.17) is 16.7 Å². The van der Waals surface area contributed by atoms with Gasteiger partial charge in [0.25, 0.3) is 0 Å². The van der Waals surface area contributed by atoms with Gasteiger partial charge in [-0.25, -0.2) is 4.98 Å². The molecule has 7 heteroatoms. The van der Waals surface area contributed by atoms with Crippen molar-refractivity contribution in [3.63, 3.8) is 0 Å². The Morgan fingerprint density at radius 3 is 2.65 bits per heavy atom. The predicted octanol–water partition coefficient (Wildman–Crippen LogP) is 2.62. The molecule has 0 aromatic carbocycles. The van der Waals surface area contributed by atoms with Crippen molar-refractivity contribution in [2.75, 3.05) is 18.5 Å². The zero-order chi connectivity index (χ0) is 13.1. The minimum atomic E-state index is -4.19. The van der Waals surface area contributed by atoms with Crippen LogP contribution in [0.3, 0.4) is 0 Å². The molecule has 0 atom stereocenters. The topological polar surface area (TPSA) is 36.4 Å². The summed E-state index contributed by atoms with van der Waals surface area (Å²) in [6, 6.07) is 1.47. The Bertz CT molecular complexity index is 384. The standard InChI is InChI=1S/C10H12ClF3N2O/c1-16(3-2-10(12,13)14)9-4-7(6-17)8(11)5-15-9/h4-5,17H,2-3,6H2,1H3. The molecule has 1 heterocycles. The number of hydrogen-bond donors (Lipinski definition) is 1. The maximum Gasteiger partial charge on any atom is 0.390 e. The van der Waals surface area contributed by atoms with Crippen LogP contribution in [0.1, 0.15) is 12.0 Å². The summed E-state index contributed by atoms with van der Waals surface area (Å²) in [6.45, 7) is -0.468. The molecule has 17 heavy (non-hydrogen) atoms. The SMILES string of the molecule is CN(CCC(F)(F)F)c1cc(CO)c(Cl)cn1. The van der Waals surface area contributed by atoms with Crippen molar-refractivity contribution < 1.29 is 18.3 Å². The molecule has 0 aliphatic rings. The van der Waals surface area contributed by atoms with Crippen molar-refractivity contribution in [3.8, 4) is 0 Å². The summed E-state index contributed by atoms with van der Waals surface area (Å²) in [5.74, 6) is 0.350. The van der Waals surface area contributed by atoms with Gasteiger partial charge >= 0.3 is 6.18 Å².